The summed E-state index contributed by atoms with van der Waals surface area (Å²) in [6.07, 6.45) is 1.63. The topological polar surface area (TPSA) is 75.6 Å². The van der Waals surface area contributed by atoms with Gasteiger partial charge in [0.15, 0.2) is 6.61 Å². The van der Waals surface area contributed by atoms with Crippen LogP contribution in [0.15, 0.2) is 57.4 Å². The van der Waals surface area contributed by atoms with Crippen LogP contribution in [0.4, 0.5) is 10.8 Å². The maximum atomic E-state index is 12.2. The van der Waals surface area contributed by atoms with E-state index in [0.29, 0.717) is 10.9 Å². The summed E-state index contributed by atoms with van der Waals surface area (Å²) in [7, 11) is 0. The molecule has 0 aliphatic heterocycles. The van der Waals surface area contributed by atoms with Crippen molar-refractivity contribution < 1.29 is 9.53 Å². The number of carbonyl (C=O) groups is 1. The summed E-state index contributed by atoms with van der Waals surface area (Å²) in [4.78, 5) is 16.4. The number of nitrogens with one attached hydrogen (secondary N) is 2. The molecule has 144 valence electrons. The van der Waals surface area contributed by atoms with Gasteiger partial charge in [-0.3, -0.25) is 10.2 Å². The Bertz CT molecular complexity index is 986. The van der Waals surface area contributed by atoms with E-state index in [2.05, 4.69) is 36.8 Å². The normalized spacial score (nSPS) is 10.8. The predicted octanol–water partition coefficient (Wildman–Crippen LogP) is 4.99. The number of ether oxygens (including phenoxy) is 1. The van der Waals surface area contributed by atoms with Gasteiger partial charge < -0.3 is 10.1 Å². The molecule has 2 aromatic carbocycles. The van der Waals surface area contributed by atoms with Crippen molar-refractivity contribution >= 4 is 50.2 Å². The van der Waals surface area contributed by atoms with Crippen LogP contribution in [0.1, 0.15) is 16.8 Å². The Hall–Kier alpha value is -2.71. The SMILES string of the molecule is Cc1ccc(NC(=O)COc2ccc(Br)cc2C=NNc2nc(C)cs2)cc1. The highest BCUT2D eigenvalue weighted by Gasteiger charge is 2.07. The third-order valence-electron chi connectivity index (χ3n) is 3.65. The highest BCUT2D eigenvalue weighted by Crippen LogP contribution is 2.22. The van der Waals surface area contributed by atoms with Crippen LogP contribution in [0.3, 0.4) is 0 Å². The fourth-order valence-corrected chi connectivity index (χ4v) is 3.31. The van der Waals surface area contributed by atoms with Gasteiger partial charge in [0.05, 0.1) is 11.9 Å². The standard InChI is InChI=1S/C20H19BrN4O2S/c1-13-3-6-17(7-4-13)24-19(26)11-27-18-8-5-16(21)9-15(18)10-22-25-20-23-14(2)12-28-20/h3-10,12H,11H2,1-2H3,(H,23,25)(H,24,26). The summed E-state index contributed by atoms with van der Waals surface area (Å²) in [5, 5.41) is 9.67. The van der Waals surface area contributed by atoms with Crippen LogP contribution < -0.4 is 15.5 Å². The van der Waals surface area contributed by atoms with E-state index in [1.165, 1.54) is 11.3 Å². The van der Waals surface area contributed by atoms with Crippen molar-refractivity contribution in [2.24, 2.45) is 5.10 Å². The molecule has 0 fully saturated rings. The number of aromatic nitrogens is 1. The highest BCUT2D eigenvalue weighted by atomic mass is 79.9. The number of carbonyl (C=O) groups excluding carboxylic acids is 1. The summed E-state index contributed by atoms with van der Waals surface area (Å²) >= 11 is 4.92. The molecule has 3 aromatic rings. The van der Waals surface area contributed by atoms with Gasteiger partial charge >= 0.3 is 0 Å². The minimum absolute atomic E-state index is 0.102. The molecule has 0 spiro atoms. The Kier molecular flexibility index (Phi) is 6.78. The largest absolute Gasteiger partial charge is 0.483 e. The summed E-state index contributed by atoms with van der Waals surface area (Å²) in [6, 6.07) is 13.1. The summed E-state index contributed by atoms with van der Waals surface area (Å²) in [5.74, 6) is 0.328. The Morgan fingerprint density at radius 3 is 2.75 bits per heavy atom. The van der Waals surface area contributed by atoms with Gasteiger partial charge in [-0.1, -0.05) is 33.6 Å². The summed E-state index contributed by atoms with van der Waals surface area (Å²) in [5.41, 5.74) is 6.43. The summed E-state index contributed by atoms with van der Waals surface area (Å²) < 4.78 is 6.58. The average molecular weight is 459 g/mol. The molecule has 28 heavy (non-hydrogen) atoms. The number of nitrogens with zero attached hydrogens (tertiary/aromatic N) is 2. The number of aryl methyl sites for hydroxylation is 2. The number of amides is 1. The van der Waals surface area contributed by atoms with E-state index in [0.717, 1.165) is 27.0 Å². The van der Waals surface area contributed by atoms with E-state index >= 15 is 0 Å². The van der Waals surface area contributed by atoms with Crippen molar-refractivity contribution in [1.82, 2.24) is 4.98 Å². The van der Waals surface area contributed by atoms with Gasteiger partial charge in [0.25, 0.3) is 5.91 Å². The molecule has 0 radical (unpaired) electrons. The first-order valence-electron chi connectivity index (χ1n) is 8.50. The number of hydrogen-bond donors (Lipinski definition) is 2. The van der Waals surface area contributed by atoms with Gasteiger partial charge in [0.1, 0.15) is 5.75 Å². The Morgan fingerprint density at radius 2 is 2.04 bits per heavy atom. The van der Waals surface area contributed by atoms with Gasteiger partial charge in [-0.05, 0) is 44.2 Å². The van der Waals surface area contributed by atoms with Gasteiger partial charge in [-0.25, -0.2) is 4.98 Å². The molecule has 1 heterocycles. The number of hydrogen-bond acceptors (Lipinski definition) is 6. The lowest BCUT2D eigenvalue weighted by atomic mass is 10.2. The van der Waals surface area contributed by atoms with Crippen LogP contribution in [0.25, 0.3) is 0 Å². The quantitative estimate of drug-likeness (QED) is 0.386. The van der Waals surface area contributed by atoms with Crippen molar-refractivity contribution in [3.63, 3.8) is 0 Å². The Labute approximate surface area is 175 Å². The maximum Gasteiger partial charge on any atom is 0.262 e. The molecule has 0 bridgehead atoms. The number of hydrazone groups is 1. The summed E-state index contributed by atoms with van der Waals surface area (Å²) in [6.45, 7) is 3.82. The molecule has 0 atom stereocenters. The highest BCUT2D eigenvalue weighted by molar-refractivity contribution is 9.10. The lowest BCUT2D eigenvalue weighted by Crippen LogP contribution is -2.20. The third kappa shape index (κ3) is 5.90. The van der Waals surface area contributed by atoms with Crippen LogP contribution in [0.2, 0.25) is 0 Å². The van der Waals surface area contributed by atoms with Crippen LogP contribution in [0.5, 0.6) is 5.75 Å². The van der Waals surface area contributed by atoms with Crippen molar-refractivity contribution in [3.05, 3.63) is 69.1 Å². The zero-order valence-electron chi connectivity index (χ0n) is 15.4. The molecule has 0 aliphatic carbocycles. The number of benzene rings is 2. The Morgan fingerprint density at radius 1 is 1.25 bits per heavy atom. The van der Waals surface area contributed by atoms with Gasteiger partial charge in [0.2, 0.25) is 5.13 Å². The second-order valence-electron chi connectivity index (χ2n) is 6.05. The van der Waals surface area contributed by atoms with Gasteiger partial charge in [0, 0.05) is 21.1 Å². The fraction of sp³-hybridized carbons (Fsp3) is 0.150. The molecule has 1 amide bonds. The molecule has 2 N–H and O–H groups in total. The monoisotopic (exact) mass is 458 g/mol. The van der Waals surface area contributed by atoms with Crippen molar-refractivity contribution in [1.29, 1.82) is 0 Å². The molecular formula is C20H19BrN4O2S. The maximum absolute atomic E-state index is 12.2. The van der Waals surface area contributed by atoms with Gasteiger partial charge in [-0.2, -0.15) is 5.10 Å². The van der Waals surface area contributed by atoms with Crippen molar-refractivity contribution in [2.75, 3.05) is 17.3 Å². The fourth-order valence-electron chi connectivity index (χ4n) is 2.29. The molecule has 0 saturated carbocycles. The predicted molar refractivity (Wildman–Crippen MR) is 118 cm³/mol. The molecular weight excluding hydrogens is 440 g/mol. The lowest BCUT2D eigenvalue weighted by molar-refractivity contribution is -0.118. The molecule has 0 saturated heterocycles. The van der Waals surface area contributed by atoms with E-state index in [4.69, 9.17) is 4.74 Å². The van der Waals surface area contributed by atoms with E-state index < -0.39 is 0 Å². The number of anilines is 2. The van der Waals surface area contributed by atoms with Gasteiger partial charge in [-0.15, -0.1) is 11.3 Å². The molecule has 1 aromatic heterocycles. The van der Waals surface area contributed by atoms with Crippen LogP contribution >= 0.6 is 27.3 Å². The van der Waals surface area contributed by atoms with E-state index in [1.807, 2.05) is 55.6 Å². The molecule has 3 rings (SSSR count). The van der Waals surface area contributed by atoms with E-state index in [9.17, 15) is 4.79 Å². The first-order valence-corrected chi connectivity index (χ1v) is 10.2. The number of halogens is 1. The van der Waals surface area contributed by atoms with Crippen LogP contribution in [0, 0.1) is 13.8 Å². The minimum atomic E-state index is -0.231. The van der Waals surface area contributed by atoms with Crippen LogP contribution in [-0.4, -0.2) is 23.7 Å². The van der Waals surface area contributed by atoms with Crippen molar-refractivity contribution in [3.8, 4) is 5.75 Å². The van der Waals surface area contributed by atoms with E-state index in [-0.39, 0.29) is 12.5 Å². The molecule has 6 nitrogen and oxygen atoms in total. The lowest BCUT2D eigenvalue weighted by Gasteiger charge is -2.10. The molecule has 0 aliphatic rings. The van der Waals surface area contributed by atoms with Crippen molar-refractivity contribution in [2.45, 2.75) is 13.8 Å². The third-order valence-corrected chi connectivity index (χ3v) is 5.01. The zero-order valence-corrected chi connectivity index (χ0v) is 17.8. The Balaban J connectivity index is 1.61. The second-order valence-corrected chi connectivity index (χ2v) is 7.82. The van der Waals surface area contributed by atoms with E-state index in [1.54, 1.807) is 12.3 Å². The smallest absolute Gasteiger partial charge is 0.262 e. The minimum Gasteiger partial charge on any atom is -0.483 e. The first kappa shape index (κ1) is 20.0. The second kappa shape index (κ2) is 9.48. The van der Waals surface area contributed by atoms with Crippen LogP contribution in [-0.2, 0) is 4.79 Å². The zero-order chi connectivity index (χ0) is 19.9. The number of thiazole rings is 1. The first-order chi connectivity index (χ1) is 13.5. The molecule has 8 heteroatoms. The number of rotatable bonds is 7. The molecule has 0 unspecified atom stereocenters. The average Bonchev–Trinajstić information content (AvgIpc) is 3.08.